The Kier molecular flexibility index (Phi) is 2.51. The lowest BCUT2D eigenvalue weighted by Gasteiger charge is -2.10. The number of rotatable bonds is 2. The molecule has 58 valence electrons. The van der Waals surface area contributed by atoms with E-state index in [0.29, 0.717) is 6.54 Å². The number of hydrogen-bond acceptors (Lipinski definition) is 2. The molecule has 1 atom stereocenters. The topological polar surface area (TPSA) is 46.3 Å². The van der Waals surface area contributed by atoms with Crippen molar-refractivity contribution in [3.63, 3.8) is 0 Å². The Labute approximate surface area is 65.1 Å². The summed E-state index contributed by atoms with van der Waals surface area (Å²) in [6, 6.07) is 0. The number of nitrogens with two attached hydrogens (primary N) is 1. The van der Waals surface area contributed by atoms with Crippen molar-refractivity contribution in [1.82, 2.24) is 4.90 Å². The highest BCUT2D eigenvalue weighted by molar-refractivity contribution is 6.20. The van der Waals surface area contributed by atoms with E-state index in [-0.39, 0.29) is 11.3 Å². The second-order valence-corrected chi connectivity index (χ2v) is 3.20. The van der Waals surface area contributed by atoms with E-state index in [9.17, 15) is 4.79 Å². The fraction of sp³-hybridized carbons (Fsp3) is 0.833. The van der Waals surface area contributed by atoms with Gasteiger partial charge in [-0.25, -0.2) is 0 Å². The Balaban J connectivity index is 2.24. The highest BCUT2D eigenvalue weighted by Gasteiger charge is 2.20. The van der Waals surface area contributed by atoms with E-state index >= 15 is 0 Å². The van der Waals surface area contributed by atoms with Crippen molar-refractivity contribution in [1.29, 1.82) is 0 Å². The molecule has 1 aliphatic rings. The van der Waals surface area contributed by atoms with Gasteiger partial charge in [0.25, 0.3) is 0 Å². The second-order valence-electron chi connectivity index (χ2n) is 2.59. The smallest absolute Gasteiger partial charge is 0.231 e. The summed E-state index contributed by atoms with van der Waals surface area (Å²) >= 11 is 5.80. The minimum absolute atomic E-state index is 0.208. The molecule has 1 fully saturated rings. The van der Waals surface area contributed by atoms with Gasteiger partial charge in [0.05, 0.1) is 6.54 Å². The SMILES string of the molecule is NC(=O)CN1CC[C@H](Cl)C1. The maximum Gasteiger partial charge on any atom is 0.231 e. The molecule has 2 N–H and O–H groups in total. The molecular formula is C6H11ClN2O. The molecule has 0 aliphatic carbocycles. The van der Waals surface area contributed by atoms with Gasteiger partial charge in [-0.1, -0.05) is 0 Å². The van der Waals surface area contributed by atoms with Crippen molar-refractivity contribution >= 4 is 17.5 Å². The number of carbonyl (C=O) groups is 1. The van der Waals surface area contributed by atoms with Crippen LogP contribution in [0.15, 0.2) is 0 Å². The van der Waals surface area contributed by atoms with E-state index in [2.05, 4.69) is 0 Å². The predicted molar refractivity (Wildman–Crippen MR) is 39.9 cm³/mol. The van der Waals surface area contributed by atoms with E-state index in [0.717, 1.165) is 19.5 Å². The number of hydrogen-bond donors (Lipinski definition) is 1. The van der Waals surface area contributed by atoms with Gasteiger partial charge in [-0.15, -0.1) is 11.6 Å². The highest BCUT2D eigenvalue weighted by Crippen LogP contribution is 2.13. The number of likely N-dealkylation sites (tertiary alicyclic amines) is 1. The van der Waals surface area contributed by atoms with E-state index in [1.165, 1.54) is 0 Å². The van der Waals surface area contributed by atoms with Crippen LogP contribution in [0.25, 0.3) is 0 Å². The van der Waals surface area contributed by atoms with Crippen molar-refractivity contribution in [3.8, 4) is 0 Å². The van der Waals surface area contributed by atoms with Crippen molar-refractivity contribution in [2.24, 2.45) is 5.73 Å². The third kappa shape index (κ3) is 2.15. The molecule has 3 nitrogen and oxygen atoms in total. The molecule has 0 saturated carbocycles. The van der Waals surface area contributed by atoms with Crippen LogP contribution in [0.5, 0.6) is 0 Å². The third-order valence-corrected chi connectivity index (χ3v) is 1.95. The van der Waals surface area contributed by atoms with Crippen LogP contribution >= 0.6 is 11.6 Å². The van der Waals surface area contributed by atoms with Gasteiger partial charge in [0.15, 0.2) is 0 Å². The van der Waals surface area contributed by atoms with Gasteiger partial charge in [0, 0.05) is 18.5 Å². The maximum absolute atomic E-state index is 10.4. The first-order chi connectivity index (χ1) is 4.68. The first kappa shape index (κ1) is 7.82. The lowest BCUT2D eigenvalue weighted by atomic mass is 10.4. The number of carbonyl (C=O) groups excluding carboxylic acids is 1. The largest absolute Gasteiger partial charge is 0.369 e. The fourth-order valence-corrected chi connectivity index (χ4v) is 1.44. The molecule has 1 rings (SSSR count). The molecule has 1 heterocycles. The van der Waals surface area contributed by atoms with Crippen molar-refractivity contribution in [2.75, 3.05) is 19.6 Å². The van der Waals surface area contributed by atoms with E-state index in [1.807, 2.05) is 4.90 Å². The summed E-state index contributed by atoms with van der Waals surface area (Å²) in [7, 11) is 0. The molecule has 0 bridgehead atoms. The minimum Gasteiger partial charge on any atom is -0.369 e. The van der Waals surface area contributed by atoms with Crippen molar-refractivity contribution < 1.29 is 4.79 Å². The van der Waals surface area contributed by atoms with Gasteiger partial charge in [-0.2, -0.15) is 0 Å². The Bertz CT molecular complexity index is 140. The third-order valence-electron chi connectivity index (χ3n) is 1.59. The zero-order chi connectivity index (χ0) is 7.56. The molecule has 1 aliphatic heterocycles. The summed E-state index contributed by atoms with van der Waals surface area (Å²) in [5, 5.41) is 0.208. The van der Waals surface area contributed by atoms with E-state index in [4.69, 9.17) is 17.3 Å². The maximum atomic E-state index is 10.4. The van der Waals surface area contributed by atoms with Gasteiger partial charge in [0.2, 0.25) is 5.91 Å². The molecular weight excluding hydrogens is 152 g/mol. The first-order valence-corrected chi connectivity index (χ1v) is 3.77. The highest BCUT2D eigenvalue weighted by atomic mass is 35.5. The molecule has 0 spiro atoms. The van der Waals surface area contributed by atoms with Gasteiger partial charge in [0.1, 0.15) is 0 Å². The van der Waals surface area contributed by atoms with Gasteiger partial charge >= 0.3 is 0 Å². The minimum atomic E-state index is -0.272. The summed E-state index contributed by atoms with van der Waals surface area (Å²) in [5.74, 6) is -0.272. The molecule has 0 aromatic carbocycles. The van der Waals surface area contributed by atoms with Crippen LogP contribution in [0.2, 0.25) is 0 Å². The van der Waals surface area contributed by atoms with Crippen LogP contribution < -0.4 is 5.73 Å². The average molecular weight is 163 g/mol. The summed E-state index contributed by atoms with van der Waals surface area (Å²) < 4.78 is 0. The molecule has 0 radical (unpaired) electrons. The van der Waals surface area contributed by atoms with Crippen molar-refractivity contribution in [3.05, 3.63) is 0 Å². The zero-order valence-corrected chi connectivity index (χ0v) is 6.47. The molecule has 10 heavy (non-hydrogen) atoms. The fourth-order valence-electron chi connectivity index (χ4n) is 1.15. The molecule has 1 saturated heterocycles. The summed E-state index contributed by atoms with van der Waals surface area (Å²) in [6.07, 6.45) is 0.967. The van der Waals surface area contributed by atoms with Crippen LogP contribution in [0.3, 0.4) is 0 Å². The molecule has 1 amide bonds. The Morgan fingerprint density at radius 1 is 1.80 bits per heavy atom. The van der Waals surface area contributed by atoms with Crippen LogP contribution in [0.1, 0.15) is 6.42 Å². The van der Waals surface area contributed by atoms with Crippen LogP contribution in [0, 0.1) is 0 Å². The van der Waals surface area contributed by atoms with Gasteiger partial charge in [-0.05, 0) is 6.42 Å². The average Bonchev–Trinajstić information content (AvgIpc) is 2.13. The van der Waals surface area contributed by atoms with Gasteiger partial charge < -0.3 is 5.73 Å². The standard InChI is InChI=1S/C6H11ClN2O/c7-5-1-2-9(3-5)4-6(8)10/h5H,1-4H2,(H2,8,10)/t5-/m0/s1. The predicted octanol–water partition coefficient (Wildman–Crippen LogP) is -0.215. The quantitative estimate of drug-likeness (QED) is 0.571. The Hall–Kier alpha value is -0.280. The summed E-state index contributed by atoms with van der Waals surface area (Å²) in [5.41, 5.74) is 4.99. The Morgan fingerprint density at radius 3 is 2.90 bits per heavy atom. The normalized spacial score (nSPS) is 27.1. The van der Waals surface area contributed by atoms with Crippen LogP contribution in [-0.2, 0) is 4.79 Å². The summed E-state index contributed by atoms with van der Waals surface area (Å²) in [6.45, 7) is 2.05. The molecule has 4 heteroatoms. The van der Waals surface area contributed by atoms with Crippen LogP contribution in [0.4, 0.5) is 0 Å². The van der Waals surface area contributed by atoms with E-state index in [1.54, 1.807) is 0 Å². The Morgan fingerprint density at radius 2 is 2.50 bits per heavy atom. The van der Waals surface area contributed by atoms with Crippen molar-refractivity contribution in [2.45, 2.75) is 11.8 Å². The van der Waals surface area contributed by atoms with Gasteiger partial charge in [-0.3, -0.25) is 9.69 Å². The van der Waals surface area contributed by atoms with Crippen LogP contribution in [-0.4, -0.2) is 35.8 Å². The number of amides is 1. The number of halogens is 1. The number of alkyl halides is 1. The van der Waals surface area contributed by atoms with E-state index < -0.39 is 0 Å². The summed E-state index contributed by atoms with van der Waals surface area (Å²) in [4.78, 5) is 12.4. The second kappa shape index (κ2) is 3.21. The molecule has 0 aromatic heterocycles. The zero-order valence-electron chi connectivity index (χ0n) is 5.72. The lowest BCUT2D eigenvalue weighted by molar-refractivity contribution is -0.118. The lowest BCUT2D eigenvalue weighted by Crippen LogP contribution is -2.32. The number of primary amides is 1. The molecule has 0 aromatic rings. The molecule has 0 unspecified atom stereocenters. The number of nitrogens with zero attached hydrogens (tertiary/aromatic N) is 1. The monoisotopic (exact) mass is 162 g/mol. The first-order valence-electron chi connectivity index (χ1n) is 3.33.